The number of fused-ring (bicyclic) bond motifs is 3. The van der Waals surface area contributed by atoms with Crippen molar-refractivity contribution in [2.75, 3.05) is 11.6 Å². The van der Waals surface area contributed by atoms with Crippen LogP contribution in [0.4, 0.5) is 5.69 Å². The highest BCUT2D eigenvalue weighted by molar-refractivity contribution is 7.98. The number of hydrogen-bond acceptors (Lipinski definition) is 6. The zero-order valence-electron chi connectivity index (χ0n) is 12.7. The van der Waals surface area contributed by atoms with Crippen molar-refractivity contribution < 1.29 is 4.74 Å². The molecule has 1 aliphatic heterocycles. The third-order valence-electron chi connectivity index (χ3n) is 3.70. The summed E-state index contributed by atoms with van der Waals surface area (Å²) >= 11 is 7.77. The van der Waals surface area contributed by atoms with Crippen LogP contribution in [-0.2, 0) is 0 Å². The van der Waals surface area contributed by atoms with Gasteiger partial charge in [-0.1, -0.05) is 59.8 Å². The van der Waals surface area contributed by atoms with Crippen LogP contribution >= 0.6 is 23.4 Å². The molecule has 1 aliphatic rings. The molecule has 0 saturated carbocycles. The molecule has 3 aromatic rings. The van der Waals surface area contributed by atoms with Crippen molar-refractivity contribution in [3.05, 3.63) is 59.1 Å². The van der Waals surface area contributed by atoms with E-state index in [0.717, 1.165) is 16.8 Å². The number of ether oxygens (including phenoxy) is 1. The summed E-state index contributed by atoms with van der Waals surface area (Å²) in [5.41, 5.74) is 3.25. The number of hydrogen-bond donors (Lipinski definition) is 1. The second-order valence-corrected chi connectivity index (χ2v) is 6.34. The summed E-state index contributed by atoms with van der Waals surface area (Å²) in [4.78, 5) is 4.48. The zero-order valence-corrected chi connectivity index (χ0v) is 14.3. The second-order valence-electron chi connectivity index (χ2n) is 5.16. The number of nitrogens with zero attached hydrogens (tertiary/aromatic N) is 3. The standard InChI is InChI=1S/C17H13ClN4OS/c1-24-17-20-16-14(21-22-17)11-7-3-5-9-13(11)19-15(23-16)10-6-2-4-8-12(10)18/h2-9,15,19H,1H3. The van der Waals surface area contributed by atoms with E-state index in [1.807, 2.05) is 54.8 Å². The molecule has 0 aliphatic carbocycles. The number of para-hydroxylation sites is 1. The molecule has 0 saturated heterocycles. The second kappa shape index (κ2) is 6.30. The minimum atomic E-state index is -0.465. The molecule has 0 bridgehead atoms. The molecule has 7 heteroatoms. The van der Waals surface area contributed by atoms with Crippen LogP contribution < -0.4 is 10.1 Å². The molecule has 1 unspecified atom stereocenters. The highest BCUT2D eigenvalue weighted by atomic mass is 35.5. The van der Waals surface area contributed by atoms with Crippen molar-refractivity contribution in [3.63, 3.8) is 0 Å². The summed E-state index contributed by atoms with van der Waals surface area (Å²) < 4.78 is 6.13. The first-order valence-corrected chi connectivity index (χ1v) is 8.92. The average molecular weight is 357 g/mol. The summed E-state index contributed by atoms with van der Waals surface area (Å²) in [6.07, 6.45) is 1.44. The Morgan fingerprint density at radius 1 is 1.08 bits per heavy atom. The topological polar surface area (TPSA) is 59.9 Å². The van der Waals surface area contributed by atoms with Crippen molar-refractivity contribution in [2.45, 2.75) is 11.4 Å². The van der Waals surface area contributed by atoms with Crippen molar-refractivity contribution in [2.24, 2.45) is 0 Å². The Labute approximate surface area is 148 Å². The van der Waals surface area contributed by atoms with Gasteiger partial charge in [-0.15, -0.1) is 10.2 Å². The Morgan fingerprint density at radius 2 is 1.88 bits per heavy atom. The van der Waals surface area contributed by atoms with E-state index in [1.165, 1.54) is 11.8 Å². The Morgan fingerprint density at radius 3 is 2.71 bits per heavy atom. The molecule has 4 rings (SSSR count). The molecule has 2 aromatic carbocycles. The van der Waals surface area contributed by atoms with Gasteiger partial charge in [0.2, 0.25) is 11.0 Å². The Hall–Kier alpha value is -2.31. The van der Waals surface area contributed by atoms with E-state index in [0.29, 0.717) is 21.8 Å². The van der Waals surface area contributed by atoms with Crippen LogP contribution in [0.25, 0.3) is 11.3 Å². The maximum absolute atomic E-state index is 6.35. The van der Waals surface area contributed by atoms with Gasteiger partial charge in [-0.25, -0.2) is 0 Å². The predicted molar refractivity (Wildman–Crippen MR) is 95.5 cm³/mol. The molecule has 24 heavy (non-hydrogen) atoms. The predicted octanol–water partition coefficient (Wildman–Crippen LogP) is 4.42. The van der Waals surface area contributed by atoms with Crippen molar-refractivity contribution >= 4 is 29.1 Å². The van der Waals surface area contributed by atoms with E-state index in [-0.39, 0.29) is 0 Å². The van der Waals surface area contributed by atoms with E-state index in [4.69, 9.17) is 16.3 Å². The Balaban J connectivity index is 1.89. The first kappa shape index (κ1) is 15.2. The lowest BCUT2D eigenvalue weighted by molar-refractivity contribution is 0.225. The molecule has 0 amide bonds. The Bertz CT molecular complexity index is 905. The fourth-order valence-electron chi connectivity index (χ4n) is 2.56. The van der Waals surface area contributed by atoms with E-state index < -0.39 is 6.23 Å². The van der Waals surface area contributed by atoms with Gasteiger partial charge in [0.25, 0.3) is 0 Å². The van der Waals surface area contributed by atoms with Crippen LogP contribution in [0.5, 0.6) is 5.88 Å². The Kier molecular flexibility index (Phi) is 4.00. The number of halogens is 1. The summed E-state index contributed by atoms with van der Waals surface area (Å²) in [6, 6.07) is 15.4. The quantitative estimate of drug-likeness (QED) is 0.686. The van der Waals surface area contributed by atoms with Crippen LogP contribution in [0.1, 0.15) is 11.8 Å². The van der Waals surface area contributed by atoms with E-state index in [9.17, 15) is 0 Å². The fraction of sp³-hybridized carbons (Fsp3) is 0.118. The van der Waals surface area contributed by atoms with Gasteiger partial charge in [0.1, 0.15) is 0 Å². The largest absolute Gasteiger partial charge is 0.448 e. The number of anilines is 1. The fourth-order valence-corrected chi connectivity index (χ4v) is 3.09. The lowest BCUT2D eigenvalue weighted by Crippen LogP contribution is -2.17. The molecule has 1 N–H and O–H groups in total. The van der Waals surface area contributed by atoms with E-state index in [2.05, 4.69) is 20.5 Å². The highest BCUT2D eigenvalue weighted by Gasteiger charge is 2.26. The molecular formula is C17H13ClN4OS. The van der Waals surface area contributed by atoms with Crippen molar-refractivity contribution in [1.29, 1.82) is 0 Å². The van der Waals surface area contributed by atoms with Gasteiger partial charge < -0.3 is 10.1 Å². The van der Waals surface area contributed by atoms with Crippen LogP contribution in [0.15, 0.2) is 53.7 Å². The molecule has 1 aromatic heterocycles. The SMILES string of the molecule is CSc1nnc2c(n1)OC(c1ccccc1Cl)Nc1ccccc1-2. The molecule has 0 fully saturated rings. The van der Waals surface area contributed by atoms with Crippen LogP contribution in [-0.4, -0.2) is 21.4 Å². The molecule has 120 valence electrons. The number of aromatic nitrogens is 3. The van der Waals surface area contributed by atoms with Crippen molar-refractivity contribution in [1.82, 2.24) is 15.2 Å². The van der Waals surface area contributed by atoms with Gasteiger partial charge in [-0.3, -0.25) is 0 Å². The summed E-state index contributed by atoms with van der Waals surface area (Å²) in [5.74, 6) is 0.441. The van der Waals surface area contributed by atoms with Crippen LogP contribution in [0, 0.1) is 0 Å². The van der Waals surface area contributed by atoms with E-state index in [1.54, 1.807) is 0 Å². The van der Waals surface area contributed by atoms with Gasteiger partial charge in [-0.05, 0) is 18.4 Å². The monoisotopic (exact) mass is 356 g/mol. The average Bonchev–Trinajstić information content (AvgIpc) is 2.78. The summed E-state index contributed by atoms with van der Waals surface area (Å²) in [6.45, 7) is 0. The minimum Gasteiger partial charge on any atom is -0.448 e. The maximum atomic E-state index is 6.35. The van der Waals surface area contributed by atoms with Gasteiger partial charge in [-0.2, -0.15) is 4.98 Å². The minimum absolute atomic E-state index is 0.441. The first-order chi connectivity index (χ1) is 11.8. The number of rotatable bonds is 2. The zero-order chi connectivity index (χ0) is 16.5. The molecule has 5 nitrogen and oxygen atoms in total. The molecule has 0 radical (unpaired) electrons. The lowest BCUT2D eigenvalue weighted by Gasteiger charge is -2.20. The molecule has 1 atom stereocenters. The number of benzene rings is 2. The lowest BCUT2D eigenvalue weighted by atomic mass is 10.1. The normalized spacial score (nSPS) is 15.5. The van der Waals surface area contributed by atoms with Gasteiger partial charge in [0.05, 0.1) is 0 Å². The smallest absolute Gasteiger partial charge is 0.247 e. The van der Waals surface area contributed by atoms with E-state index >= 15 is 0 Å². The maximum Gasteiger partial charge on any atom is 0.247 e. The van der Waals surface area contributed by atoms with Crippen LogP contribution in [0.3, 0.4) is 0 Å². The number of thioether (sulfide) groups is 1. The van der Waals surface area contributed by atoms with Gasteiger partial charge in [0, 0.05) is 21.8 Å². The van der Waals surface area contributed by atoms with Crippen molar-refractivity contribution in [3.8, 4) is 17.1 Å². The third kappa shape index (κ3) is 2.68. The molecule has 0 spiro atoms. The highest BCUT2D eigenvalue weighted by Crippen LogP contribution is 2.40. The molecule has 2 heterocycles. The number of nitrogens with one attached hydrogen (secondary N) is 1. The third-order valence-corrected chi connectivity index (χ3v) is 4.59. The van der Waals surface area contributed by atoms with Gasteiger partial charge >= 0.3 is 0 Å². The summed E-state index contributed by atoms with van der Waals surface area (Å²) in [7, 11) is 0. The van der Waals surface area contributed by atoms with Gasteiger partial charge in [0.15, 0.2) is 11.9 Å². The molecular weight excluding hydrogens is 344 g/mol. The first-order valence-electron chi connectivity index (χ1n) is 7.32. The van der Waals surface area contributed by atoms with Crippen LogP contribution in [0.2, 0.25) is 5.02 Å². The summed E-state index contributed by atoms with van der Waals surface area (Å²) in [5, 5.41) is 13.0.